The standard InChI is InChI=1S/C43H38N4O7S/c1-27(44-52-30(4)48)33-7-17-38(18-8-33)47(39-19-9-34(10-20-39)28(2)45-53-31(5)49)40-21-11-36(12-22-40)43(51)37-15-25-42(26-16-37)55-41-23-13-35(14-24-41)29(3)46-54-32(6)50/h7-26H,1-6H3. The minimum Gasteiger partial charge on any atom is -0.318 e. The number of carbonyl (C=O) groups is 4. The molecule has 0 saturated heterocycles. The van der Waals surface area contributed by atoms with Crippen LogP contribution < -0.4 is 4.90 Å². The number of hydrogen-bond acceptors (Lipinski definition) is 12. The van der Waals surface area contributed by atoms with Crippen molar-refractivity contribution in [3.8, 4) is 0 Å². The van der Waals surface area contributed by atoms with Crippen LogP contribution in [0.25, 0.3) is 0 Å². The van der Waals surface area contributed by atoms with Gasteiger partial charge in [-0.05, 0) is 122 Å². The van der Waals surface area contributed by atoms with Gasteiger partial charge in [0.05, 0.1) is 17.1 Å². The highest BCUT2D eigenvalue weighted by Crippen LogP contribution is 2.35. The molecule has 0 heterocycles. The summed E-state index contributed by atoms with van der Waals surface area (Å²) in [6, 6.07) is 37.8. The topological polar surface area (TPSA) is 136 Å². The fourth-order valence-electron chi connectivity index (χ4n) is 5.21. The van der Waals surface area contributed by atoms with Crippen LogP contribution in [-0.2, 0) is 28.9 Å². The maximum atomic E-state index is 13.6. The molecule has 0 saturated carbocycles. The van der Waals surface area contributed by atoms with Crippen molar-refractivity contribution in [2.45, 2.75) is 51.3 Å². The SMILES string of the molecule is CC(=O)ON=C(C)c1ccc(Sc2ccc(C(=O)c3ccc(N(c4ccc(C(C)=NOC(C)=O)cc4)c4ccc(C(C)=NOC(C)=O)cc4)cc3)cc2)cc1. The minimum atomic E-state index is -0.503. The molecule has 5 aromatic rings. The molecule has 0 amide bonds. The number of carbonyl (C=O) groups excluding carboxylic acids is 4. The van der Waals surface area contributed by atoms with Crippen molar-refractivity contribution in [2.75, 3.05) is 4.90 Å². The van der Waals surface area contributed by atoms with E-state index in [-0.39, 0.29) is 5.78 Å². The molecule has 0 aliphatic carbocycles. The van der Waals surface area contributed by atoms with E-state index in [1.807, 2.05) is 114 Å². The lowest BCUT2D eigenvalue weighted by molar-refractivity contribution is -0.141. The molecule has 0 atom stereocenters. The first-order chi connectivity index (χ1) is 26.4. The summed E-state index contributed by atoms with van der Waals surface area (Å²) in [6.45, 7) is 9.16. The van der Waals surface area contributed by atoms with Crippen LogP contribution in [0.1, 0.15) is 74.2 Å². The van der Waals surface area contributed by atoms with E-state index in [2.05, 4.69) is 15.5 Å². The second kappa shape index (κ2) is 18.4. The van der Waals surface area contributed by atoms with Crippen LogP contribution in [0, 0.1) is 0 Å². The average molecular weight is 755 g/mol. The zero-order chi connectivity index (χ0) is 39.5. The summed E-state index contributed by atoms with van der Waals surface area (Å²) in [6.07, 6.45) is 0. The molecule has 0 aliphatic heterocycles. The normalized spacial score (nSPS) is 11.8. The van der Waals surface area contributed by atoms with E-state index in [1.54, 1.807) is 44.7 Å². The van der Waals surface area contributed by atoms with Gasteiger partial charge in [-0.3, -0.25) is 4.79 Å². The second-order valence-electron chi connectivity index (χ2n) is 12.2. The molecule has 0 aliphatic rings. The first-order valence-corrected chi connectivity index (χ1v) is 17.9. The molecule has 0 spiro atoms. The van der Waals surface area contributed by atoms with Crippen LogP contribution in [0.15, 0.2) is 147 Å². The first kappa shape index (κ1) is 39.5. The van der Waals surface area contributed by atoms with E-state index in [1.165, 1.54) is 20.8 Å². The van der Waals surface area contributed by atoms with Gasteiger partial charge < -0.3 is 19.4 Å². The maximum absolute atomic E-state index is 13.6. The van der Waals surface area contributed by atoms with E-state index in [0.717, 1.165) is 43.5 Å². The van der Waals surface area contributed by atoms with E-state index in [9.17, 15) is 19.2 Å². The molecule has 11 nitrogen and oxygen atoms in total. The molecule has 5 rings (SSSR count). The van der Waals surface area contributed by atoms with Crippen LogP contribution >= 0.6 is 11.8 Å². The molecule has 12 heteroatoms. The molecule has 0 radical (unpaired) electrons. The van der Waals surface area contributed by atoms with Crippen LogP contribution in [0.5, 0.6) is 0 Å². The van der Waals surface area contributed by atoms with Gasteiger partial charge >= 0.3 is 17.9 Å². The summed E-state index contributed by atoms with van der Waals surface area (Å²) in [5, 5.41) is 11.6. The van der Waals surface area contributed by atoms with Crippen molar-refractivity contribution in [1.29, 1.82) is 0 Å². The Morgan fingerprint density at radius 3 is 0.945 bits per heavy atom. The smallest absolute Gasteiger partial charge is 0.318 e. The highest BCUT2D eigenvalue weighted by atomic mass is 32.2. The van der Waals surface area contributed by atoms with Gasteiger partial charge in [0.2, 0.25) is 0 Å². The lowest BCUT2D eigenvalue weighted by Crippen LogP contribution is -2.11. The first-order valence-electron chi connectivity index (χ1n) is 17.1. The summed E-state index contributed by atoms with van der Waals surface area (Å²) in [5.74, 6) is -1.59. The lowest BCUT2D eigenvalue weighted by atomic mass is 10.0. The molecule has 5 aromatic carbocycles. The molecule has 278 valence electrons. The Balaban J connectivity index is 1.35. The van der Waals surface area contributed by atoms with E-state index in [0.29, 0.717) is 28.3 Å². The van der Waals surface area contributed by atoms with Crippen molar-refractivity contribution in [2.24, 2.45) is 15.5 Å². The highest BCUT2D eigenvalue weighted by Gasteiger charge is 2.16. The van der Waals surface area contributed by atoms with Crippen LogP contribution in [0.2, 0.25) is 0 Å². The van der Waals surface area contributed by atoms with Gasteiger partial charge in [-0.2, -0.15) is 0 Å². The van der Waals surface area contributed by atoms with Gasteiger partial charge in [0.15, 0.2) is 5.78 Å². The van der Waals surface area contributed by atoms with Gasteiger partial charge in [-0.25, -0.2) is 14.4 Å². The number of nitrogens with zero attached hydrogens (tertiary/aromatic N) is 4. The van der Waals surface area contributed by atoms with Crippen molar-refractivity contribution < 1.29 is 33.7 Å². The molecule has 0 aromatic heterocycles. The van der Waals surface area contributed by atoms with Gasteiger partial charge in [0.1, 0.15) is 0 Å². The van der Waals surface area contributed by atoms with E-state index < -0.39 is 17.9 Å². The number of ketones is 1. The Hall–Kier alpha value is -6.66. The van der Waals surface area contributed by atoms with Gasteiger partial charge in [-0.1, -0.05) is 63.6 Å². The van der Waals surface area contributed by atoms with Crippen molar-refractivity contribution in [1.82, 2.24) is 0 Å². The Kier molecular flexibility index (Phi) is 13.2. The fourth-order valence-corrected chi connectivity index (χ4v) is 6.03. The third-order valence-electron chi connectivity index (χ3n) is 8.03. The van der Waals surface area contributed by atoms with E-state index in [4.69, 9.17) is 14.5 Å². The molecular weight excluding hydrogens is 717 g/mol. The highest BCUT2D eigenvalue weighted by molar-refractivity contribution is 7.99. The Labute approximate surface area is 323 Å². The van der Waals surface area contributed by atoms with Gasteiger partial charge in [0, 0.05) is 58.8 Å². The molecule has 0 N–H and O–H groups in total. The predicted octanol–water partition coefficient (Wildman–Crippen LogP) is 9.40. The summed E-state index contributed by atoms with van der Waals surface area (Å²) in [4.78, 5) is 65.5. The summed E-state index contributed by atoms with van der Waals surface area (Å²) in [5.41, 5.74) is 7.63. The Bertz CT molecular complexity index is 2190. The zero-order valence-electron chi connectivity index (χ0n) is 31.1. The number of rotatable bonds is 13. The molecule has 0 fully saturated rings. The zero-order valence-corrected chi connectivity index (χ0v) is 31.9. The van der Waals surface area contributed by atoms with Crippen LogP contribution in [-0.4, -0.2) is 40.8 Å². The summed E-state index contributed by atoms with van der Waals surface area (Å²) in [7, 11) is 0. The number of anilines is 3. The number of hydrogen-bond donors (Lipinski definition) is 0. The van der Waals surface area contributed by atoms with Crippen molar-refractivity contribution >= 4 is 69.7 Å². The number of benzene rings is 5. The Morgan fingerprint density at radius 1 is 0.400 bits per heavy atom. The predicted molar refractivity (Wildman–Crippen MR) is 213 cm³/mol. The monoisotopic (exact) mass is 754 g/mol. The summed E-state index contributed by atoms with van der Waals surface area (Å²) >= 11 is 1.56. The van der Waals surface area contributed by atoms with Gasteiger partial charge in [0.25, 0.3) is 0 Å². The molecule has 0 bridgehead atoms. The summed E-state index contributed by atoms with van der Waals surface area (Å²) < 4.78 is 0. The molecular formula is C43H38N4O7S. The second-order valence-corrected chi connectivity index (χ2v) is 13.4. The van der Waals surface area contributed by atoms with Crippen LogP contribution in [0.3, 0.4) is 0 Å². The molecule has 55 heavy (non-hydrogen) atoms. The largest absolute Gasteiger partial charge is 0.331 e. The maximum Gasteiger partial charge on any atom is 0.331 e. The quantitative estimate of drug-likeness (QED) is 0.0498. The van der Waals surface area contributed by atoms with Crippen molar-refractivity contribution in [3.05, 3.63) is 149 Å². The van der Waals surface area contributed by atoms with Gasteiger partial charge in [-0.15, -0.1) is 0 Å². The number of oxime groups is 3. The third kappa shape index (κ3) is 10.9. The van der Waals surface area contributed by atoms with E-state index >= 15 is 0 Å². The third-order valence-corrected chi connectivity index (χ3v) is 9.05. The minimum absolute atomic E-state index is 0.111. The Morgan fingerprint density at radius 2 is 0.655 bits per heavy atom. The van der Waals surface area contributed by atoms with Crippen molar-refractivity contribution in [3.63, 3.8) is 0 Å². The molecule has 0 unspecified atom stereocenters. The fraction of sp³-hybridized carbons (Fsp3) is 0.140. The van der Waals surface area contributed by atoms with Crippen LogP contribution in [0.4, 0.5) is 17.1 Å². The lowest BCUT2D eigenvalue weighted by Gasteiger charge is -2.26. The average Bonchev–Trinajstić information content (AvgIpc) is 3.19.